The first-order chi connectivity index (χ1) is 8.97. The molecule has 19 heavy (non-hydrogen) atoms. The Hall–Kier alpha value is -2.57. The first-order valence-corrected chi connectivity index (χ1v) is 5.50. The van der Waals surface area contributed by atoms with Gasteiger partial charge in [0.1, 0.15) is 12.3 Å². The van der Waals surface area contributed by atoms with Gasteiger partial charge in [-0.1, -0.05) is 12.1 Å². The second-order valence-corrected chi connectivity index (χ2v) is 3.79. The number of benzene rings is 1. The summed E-state index contributed by atoms with van der Waals surface area (Å²) in [5.41, 5.74) is 0.696. The molecule has 7 nitrogen and oxygen atoms in total. The lowest BCUT2D eigenvalue weighted by molar-refractivity contribution is -0.137. The number of rotatable bonds is 6. The van der Waals surface area contributed by atoms with Gasteiger partial charge in [0.2, 0.25) is 11.8 Å². The minimum absolute atomic E-state index is 0.0759. The van der Waals surface area contributed by atoms with Crippen LogP contribution in [0.1, 0.15) is 5.56 Å². The third-order valence-electron chi connectivity index (χ3n) is 2.18. The van der Waals surface area contributed by atoms with Gasteiger partial charge in [0.25, 0.3) is 0 Å². The van der Waals surface area contributed by atoms with Crippen LogP contribution in [0.15, 0.2) is 24.3 Å². The minimum atomic E-state index is -1.15. The Balaban J connectivity index is 2.29. The Labute approximate surface area is 109 Å². The molecule has 0 spiro atoms. The quantitative estimate of drug-likeness (QED) is 0.541. The van der Waals surface area contributed by atoms with Crippen LogP contribution in [-0.2, 0) is 20.8 Å². The fourth-order valence-electron chi connectivity index (χ4n) is 1.28. The highest BCUT2D eigenvalue weighted by atomic mass is 16.4. The van der Waals surface area contributed by atoms with E-state index in [9.17, 15) is 14.4 Å². The van der Waals surface area contributed by atoms with Crippen LogP contribution in [0.5, 0.6) is 5.75 Å². The van der Waals surface area contributed by atoms with E-state index in [-0.39, 0.29) is 24.6 Å². The molecular formula is C12H14N2O5. The zero-order valence-electron chi connectivity index (χ0n) is 10.0. The van der Waals surface area contributed by atoms with E-state index in [0.717, 1.165) is 0 Å². The number of aliphatic carboxylic acids is 1. The van der Waals surface area contributed by atoms with Crippen LogP contribution in [-0.4, -0.2) is 41.1 Å². The molecule has 0 aliphatic carbocycles. The number of phenols is 1. The molecule has 0 atom stereocenters. The fraction of sp³-hybridized carbons (Fsp3) is 0.250. The molecule has 0 saturated heterocycles. The van der Waals surface area contributed by atoms with Gasteiger partial charge in [-0.05, 0) is 17.7 Å². The molecule has 1 aromatic carbocycles. The molecule has 0 heterocycles. The Kier molecular flexibility index (Phi) is 5.34. The van der Waals surface area contributed by atoms with Gasteiger partial charge in [-0.25, -0.2) is 0 Å². The highest BCUT2D eigenvalue weighted by Crippen LogP contribution is 2.09. The van der Waals surface area contributed by atoms with Crippen molar-refractivity contribution in [3.8, 4) is 5.75 Å². The minimum Gasteiger partial charge on any atom is -0.508 e. The molecule has 0 aliphatic heterocycles. The average Bonchev–Trinajstić information content (AvgIpc) is 2.36. The van der Waals surface area contributed by atoms with Gasteiger partial charge in [-0.15, -0.1) is 0 Å². The van der Waals surface area contributed by atoms with Crippen molar-refractivity contribution in [2.24, 2.45) is 0 Å². The fourth-order valence-corrected chi connectivity index (χ4v) is 1.28. The van der Waals surface area contributed by atoms with Crippen LogP contribution in [0, 0.1) is 0 Å². The van der Waals surface area contributed by atoms with E-state index in [1.807, 2.05) is 0 Å². The number of carboxylic acids is 1. The molecule has 0 saturated carbocycles. The van der Waals surface area contributed by atoms with Crippen LogP contribution < -0.4 is 10.6 Å². The van der Waals surface area contributed by atoms with E-state index >= 15 is 0 Å². The number of nitrogens with one attached hydrogen (secondary N) is 2. The molecule has 1 rings (SSSR count). The van der Waals surface area contributed by atoms with Crippen molar-refractivity contribution in [2.75, 3.05) is 13.1 Å². The number of aromatic hydroxyl groups is 1. The van der Waals surface area contributed by atoms with Gasteiger partial charge in [0.15, 0.2) is 0 Å². The summed E-state index contributed by atoms with van der Waals surface area (Å²) in [6, 6.07) is 6.11. The number of amides is 2. The van der Waals surface area contributed by atoms with E-state index in [1.165, 1.54) is 12.1 Å². The number of phenolic OH excluding ortho intramolecular Hbond substituents is 1. The summed E-state index contributed by atoms with van der Waals surface area (Å²) in [5.74, 6) is -1.97. The second kappa shape index (κ2) is 7.00. The van der Waals surface area contributed by atoms with E-state index in [2.05, 4.69) is 10.6 Å². The van der Waals surface area contributed by atoms with Gasteiger partial charge in [-0.3, -0.25) is 14.4 Å². The van der Waals surface area contributed by atoms with Crippen LogP contribution in [0.2, 0.25) is 0 Å². The SMILES string of the molecule is O=C(O)CNC(=O)CNC(=O)Cc1ccc(O)cc1. The lowest BCUT2D eigenvalue weighted by Gasteiger charge is -2.05. The average molecular weight is 266 g/mol. The molecule has 102 valence electrons. The first-order valence-electron chi connectivity index (χ1n) is 5.50. The van der Waals surface area contributed by atoms with Crippen LogP contribution in [0.4, 0.5) is 0 Å². The summed E-state index contributed by atoms with van der Waals surface area (Å²) < 4.78 is 0. The maximum atomic E-state index is 11.5. The monoisotopic (exact) mass is 266 g/mol. The van der Waals surface area contributed by atoms with E-state index in [0.29, 0.717) is 5.56 Å². The number of carbonyl (C=O) groups is 3. The van der Waals surface area contributed by atoms with Gasteiger partial charge in [0, 0.05) is 0 Å². The van der Waals surface area contributed by atoms with Crippen molar-refractivity contribution >= 4 is 17.8 Å². The molecule has 2 amide bonds. The number of hydrogen-bond acceptors (Lipinski definition) is 4. The lowest BCUT2D eigenvalue weighted by atomic mass is 10.1. The van der Waals surface area contributed by atoms with Crippen molar-refractivity contribution in [1.82, 2.24) is 10.6 Å². The normalized spacial score (nSPS) is 9.68. The number of carbonyl (C=O) groups excluding carboxylic acids is 2. The zero-order valence-corrected chi connectivity index (χ0v) is 10.0. The largest absolute Gasteiger partial charge is 0.508 e. The Bertz CT molecular complexity index is 470. The molecule has 0 fully saturated rings. The molecule has 0 bridgehead atoms. The van der Waals surface area contributed by atoms with Crippen molar-refractivity contribution in [3.05, 3.63) is 29.8 Å². The second-order valence-electron chi connectivity index (χ2n) is 3.79. The van der Waals surface area contributed by atoms with Crippen LogP contribution in [0.3, 0.4) is 0 Å². The summed E-state index contributed by atoms with van der Waals surface area (Å²) in [6.07, 6.45) is 0.0759. The summed E-state index contributed by atoms with van der Waals surface area (Å²) in [4.78, 5) is 32.8. The van der Waals surface area contributed by atoms with Gasteiger partial charge in [-0.2, -0.15) is 0 Å². The van der Waals surface area contributed by atoms with Crippen LogP contribution >= 0.6 is 0 Å². The lowest BCUT2D eigenvalue weighted by Crippen LogP contribution is -2.39. The standard InChI is InChI=1S/C12H14N2O5/c15-9-3-1-8(2-4-9)5-10(16)13-6-11(17)14-7-12(18)19/h1-4,15H,5-7H2,(H,13,16)(H,14,17)(H,18,19). The van der Waals surface area contributed by atoms with E-state index in [4.69, 9.17) is 10.2 Å². The van der Waals surface area contributed by atoms with Gasteiger partial charge >= 0.3 is 5.97 Å². The molecule has 0 aliphatic rings. The third-order valence-corrected chi connectivity index (χ3v) is 2.18. The maximum Gasteiger partial charge on any atom is 0.322 e. The molecule has 1 aromatic rings. The summed E-state index contributed by atoms with van der Waals surface area (Å²) in [5, 5.41) is 21.9. The van der Waals surface area contributed by atoms with E-state index < -0.39 is 18.4 Å². The molecule has 0 aromatic heterocycles. The summed E-state index contributed by atoms with van der Waals surface area (Å²) in [7, 11) is 0. The predicted molar refractivity (Wildman–Crippen MR) is 65.5 cm³/mol. The van der Waals surface area contributed by atoms with Crippen molar-refractivity contribution in [3.63, 3.8) is 0 Å². The molecular weight excluding hydrogens is 252 g/mol. The first kappa shape index (κ1) is 14.5. The molecule has 7 heteroatoms. The van der Waals surface area contributed by atoms with Crippen molar-refractivity contribution < 1.29 is 24.6 Å². The maximum absolute atomic E-state index is 11.5. The summed E-state index contributed by atoms with van der Waals surface area (Å²) >= 11 is 0. The molecule has 4 N–H and O–H groups in total. The van der Waals surface area contributed by atoms with Crippen LogP contribution in [0.25, 0.3) is 0 Å². The smallest absolute Gasteiger partial charge is 0.322 e. The van der Waals surface area contributed by atoms with Crippen molar-refractivity contribution in [2.45, 2.75) is 6.42 Å². The Morgan fingerprint density at radius 3 is 2.11 bits per heavy atom. The highest BCUT2D eigenvalue weighted by Gasteiger charge is 2.07. The predicted octanol–water partition coefficient (Wildman–Crippen LogP) is -0.748. The molecule has 0 radical (unpaired) electrons. The molecule has 0 unspecified atom stereocenters. The third kappa shape index (κ3) is 6.06. The number of hydrogen-bond donors (Lipinski definition) is 4. The van der Waals surface area contributed by atoms with Gasteiger partial charge < -0.3 is 20.8 Å². The Morgan fingerprint density at radius 1 is 0.947 bits per heavy atom. The topological polar surface area (TPSA) is 116 Å². The summed E-state index contributed by atoms with van der Waals surface area (Å²) in [6.45, 7) is -0.753. The zero-order chi connectivity index (χ0) is 14.3. The Morgan fingerprint density at radius 2 is 1.53 bits per heavy atom. The highest BCUT2D eigenvalue weighted by molar-refractivity contribution is 5.87. The van der Waals surface area contributed by atoms with E-state index in [1.54, 1.807) is 12.1 Å². The van der Waals surface area contributed by atoms with Crippen molar-refractivity contribution in [1.29, 1.82) is 0 Å². The number of carboxylic acid groups (broad SMARTS) is 1. The van der Waals surface area contributed by atoms with Gasteiger partial charge in [0.05, 0.1) is 13.0 Å².